The van der Waals surface area contributed by atoms with Crippen LogP contribution in [0, 0.1) is 0 Å². The van der Waals surface area contributed by atoms with Crippen molar-refractivity contribution in [2.24, 2.45) is 4.52 Å². The zero-order chi connectivity index (χ0) is 13.0. The van der Waals surface area contributed by atoms with Crippen LogP contribution >= 0.6 is 11.9 Å². The summed E-state index contributed by atoms with van der Waals surface area (Å²) in [6, 6.07) is 5.15. The van der Waals surface area contributed by atoms with Crippen LogP contribution in [0.4, 0.5) is 0 Å². The standard InChI is InChI=1S/C11H11N3O3S/c1-16-11(15)7-2-3-8-9(6-7)17-5-4-10(8)18-14-13-12/h2-3,6,10H,4-5H2,1H3/t10-/m0/s1. The molecule has 1 aliphatic rings. The van der Waals surface area contributed by atoms with Gasteiger partial charge in [0.25, 0.3) is 0 Å². The Morgan fingerprint density at radius 3 is 3.22 bits per heavy atom. The lowest BCUT2D eigenvalue weighted by Gasteiger charge is -2.24. The Bertz CT molecular complexity index is 514. The van der Waals surface area contributed by atoms with Gasteiger partial charge in [-0.2, -0.15) is 0 Å². The fourth-order valence-electron chi connectivity index (χ4n) is 1.79. The second-order valence-corrected chi connectivity index (χ2v) is 4.59. The number of hydrogen-bond donors (Lipinski definition) is 0. The predicted octanol–water partition coefficient (Wildman–Crippen LogP) is 3.26. The van der Waals surface area contributed by atoms with Crippen LogP contribution in [0.15, 0.2) is 22.7 Å². The quantitative estimate of drug-likeness (QED) is 0.276. The maximum atomic E-state index is 11.4. The van der Waals surface area contributed by atoms with Crippen molar-refractivity contribution in [1.29, 1.82) is 0 Å². The average Bonchev–Trinajstić information content (AvgIpc) is 2.43. The topological polar surface area (TPSA) is 84.3 Å². The maximum Gasteiger partial charge on any atom is 0.337 e. The molecule has 1 heterocycles. The SMILES string of the molecule is COC(=O)c1ccc2c(c1)OCC[C@@H]2SN=[N+]=[N-]. The van der Waals surface area contributed by atoms with Crippen LogP contribution in [0.2, 0.25) is 0 Å². The van der Waals surface area contributed by atoms with E-state index in [-0.39, 0.29) is 5.25 Å². The van der Waals surface area contributed by atoms with E-state index in [1.165, 1.54) is 19.1 Å². The molecular formula is C11H11N3O3S. The highest BCUT2D eigenvalue weighted by Crippen LogP contribution is 2.41. The van der Waals surface area contributed by atoms with Gasteiger partial charge in [0.15, 0.2) is 0 Å². The van der Waals surface area contributed by atoms with E-state index in [0.29, 0.717) is 17.9 Å². The Kier molecular flexibility index (Phi) is 3.96. The number of azide groups is 1. The molecule has 0 saturated carbocycles. The minimum atomic E-state index is -0.397. The van der Waals surface area contributed by atoms with Gasteiger partial charge in [-0.3, -0.25) is 0 Å². The van der Waals surface area contributed by atoms with E-state index in [1.807, 2.05) is 6.07 Å². The van der Waals surface area contributed by atoms with Gasteiger partial charge in [0.2, 0.25) is 0 Å². The van der Waals surface area contributed by atoms with Crippen LogP contribution in [-0.2, 0) is 4.74 Å². The number of fused-ring (bicyclic) bond motifs is 1. The van der Waals surface area contributed by atoms with Gasteiger partial charge in [-0.1, -0.05) is 18.0 Å². The number of nitrogens with zero attached hydrogens (tertiary/aromatic N) is 3. The molecule has 0 fully saturated rings. The molecule has 1 atom stereocenters. The molecule has 6 nitrogen and oxygen atoms in total. The molecule has 0 amide bonds. The van der Waals surface area contributed by atoms with Gasteiger partial charge in [0.1, 0.15) is 5.75 Å². The van der Waals surface area contributed by atoms with Crippen molar-refractivity contribution in [1.82, 2.24) is 0 Å². The number of hydrogen-bond acceptors (Lipinski definition) is 5. The van der Waals surface area contributed by atoms with Gasteiger partial charge >= 0.3 is 5.97 Å². The lowest BCUT2D eigenvalue weighted by molar-refractivity contribution is 0.0600. The zero-order valence-electron chi connectivity index (χ0n) is 9.70. The van der Waals surface area contributed by atoms with Crippen LogP contribution in [0.1, 0.15) is 27.6 Å². The molecule has 0 aromatic heterocycles. The summed E-state index contributed by atoms with van der Waals surface area (Å²) in [6.07, 6.45) is 0.772. The zero-order valence-corrected chi connectivity index (χ0v) is 10.5. The molecule has 1 aromatic rings. The van der Waals surface area contributed by atoms with E-state index in [9.17, 15) is 4.79 Å². The first-order chi connectivity index (χ1) is 8.76. The summed E-state index contributed by atoms with van der Waals surface area (Å²) in [4.78, 5) is 14.1. The van der Waals surface area contributed by atoms with Crippen LogP contribution in [0.3, 0.4) is 0 Å². The van der Waals surface area contributed by atoms with E-state index >= 15 is 0 Å². The average molecular weight is 265 g/mol. The van der Waals surface area contributed by atoms with Crippen molar-refractivity contribution < 1.29 is 14.3 Å². The van der Waals surface area contributed by atoms with E-state index in [1.54, 1.807) is 12.1 Å². The van der Waals surface area contributed by atoms with Crippen LogP contribution in [-0.4, -0.2) is 19.7 Å². The highest BCUT2D eigenvalue weighted by molar-refractivity contribution is 7.98. The molecule has 0 N–H and O–H groups in total. The molecule has 1 aromatic carbocycles. The fraction of sp³-hybridized carbons (Fsp3) is 0.364. The molecule has 0 bridgehead atoms. The fourth-order valence-corrected chi connectivity index (χ4v) is 2.45. The molecular weight excluding hydrogens is 254 g/mol. The molecule has 0 spiro atoms. The van der Waals surface area contributed by atoms with E-state index in [4.69, 9.17) is 10.3 Å². The Morgan fingerprint density at radius 2 is 2.50 bits per heavy atom. The second-order valence-electron chi connectivity index (χ2n) is 3.65. The van der Waals surface area contributed by atoms with E-state index in [0.717, 1.165) is 12.0 Å². The first-order valence-corrected chi connectivity index (χ1v) is 6.15. The molecule has 1 aliphatic heterocycles. The summed E-state index contributed by atoms with van der Waals surface area (Å²) in [7, 11) is 1.34. The molecule has 2 rings (SSSR count). The van der Waals surface area contributed by atoms with Gasteiger partial charge in [0, 0.05) is 15.7 Å². The van der Waals surface area contributed by atoms with Crippen molar-refractivity contribution in [2.75, 3.05) is 13.7 Å². The molecule has 0 aliphatic carbocycles. The highest BCUT2D eigenvalue weighted by atomic mass is 32.2. The molecule has 0 radical (unpaired) electrons. The number of methoxy groups -OCH3 is 1. The third-order valence-electron chi connectivity index (χ3n) is 2.63. The van der Waals surface area contributed by atoms with Gasteiger partial charge in [-0.05, 0) is 28.6 Å². The molecule has 0 unspecified atom stereocenters. The van der Waals surface area contributed by atoms with E-state index < -0.39 is 5.97 Å². The summed E-state index contributed by atoms with van der Waals surface area (Å²) in [5.41, 5.74) is 9.72. The number of carbonyl (C=O) groups is 1. The van der Waals surface area contributed by atoms with Crippen molar-refractivity contribution in [2.45, 2.75) is 11.7 Å². The summed E-state index contributed by atoms with van der Waals surface area (Å²) in [5, 5.41) is 0.0661. The summed E-state index contributed by atoms with van der Waals surface area (Å²) < 4.78 is 13.7. The summed E-state index contributed by atoms with van der Waals surface area (Å²) >= 11 is 1.17. The first-order valence-electron chi connectivity index (χ1n) is 5.31. The molecule has 94 valence electrons. The van der Waals surface area contributed by atoms with Crippen molar-refractivity contribution in [3.63, 3.8) is 0 Å². The van der Waals surface area contributed by atoms with Crippen molar-refractivity contribution in [3.8, 4) is 5.75 Å². The monoisotopic (exact) mass is 265 g/mol. The Morgan fingerprint density at radius 1 is 1.67 bits per heavy atom. The third kappa shape index (κ3) is 2.52. The highest BCUT2D eigenvalue weighted by Gasteiger charge is 2.22. The van der Waals surface area contributed by atoms with Crippen LogP contribution < -0.4 is 4.74 Å². The van der Waals surface area contributed by atoms with Gasteiger partial charge < -0.3 is 9.47 Å². The van der Waals surface area contributed by atoms with Gasteiger partial charge in [-0.15, -0.1) is 0 Å². The number of benzene rings is 1. The first kappa shape index (κ1) is 12.6. The maximum absolute atomic E-state index is 11.4. The molecule has 18 heavy (non-hydrogen) atoms. The van der Waals surface area contributed by atoms with Gasteiger partial charge in [0.05, 0.1) is 19.3 Å². The molecule has 7 heteroatoms. The predicted molar refractivity (Wildman–Crippen MR) is 67.4 cm³/mol. The number of carbonyl (C=O) groups excluding carboxylic acids is 1. The van der Waals surface area contributed by atoms with Crippen LogP contribution in [0.25, 0.3) is 10.4 Å². The minimum absolute atomic E-state index is 0.0661. The van der Waals surface area contributed by atoms with Crippen molar-refractivity contribution in [3.05, 3.63) is 39.8 Å². The Hall–Kier alpha value is -1.85. The molecule has 0 saturated heterocycles. The Balaban J connectivity index is 2.30. The smallest absolute Gasteiger partial charge is 0.337 e. The number of esters is 1. The Labute approximate surface area is 108 Å². The largest absolute Gasteiger partial charge is 0.493 e. The normalized spacial score (nSPS) is 17.1. The van der Waals surface area contributed by atoms with E-state index in [2.05, 4.69) is 14.2 Å². The number of rotatable bonds is 3. The van der Waals surface area contributed by atoms with Gasteiger partial charge in [-0.25, -0.2) is 4.79 Å². The second kappa shape index (κ2) is 5.66. The number of ether oxygens (including phenoxy) is 2. The summed E-state index contributed by atoms with van der Waals surface area (Å²) in [5.74, 6) is 0.251. The third-order valence-corrected chi connectivity index (χ3v) is 3.54. The van der Waals surface area contributed by atoms with Crippen LogP contribution in [0.5, 0.6) is 5.75 Å². The summed E-state index contributed by atoms with van der Waals surface area (Å²) in [6.45, 7) is 0.538. The van der Waals surface area contributed by atoms with Crippen molar-refractivity contribution >= 4 is 17.9 Å². The minimum Gasteiger partial charge on any atom is -0.493 e. The lowest BCUT2D eigenvalue weighted by Crippen LogP contribution is -2.13. The lowest BCUT2D eigenvalue weighted by atomic mass is 10.0.